The quantitative estimate of drug-likeness (QED) is 0.700. The fraction of sp³-hybridized carbons (Fsp3) is 0.765. The molecule has 1 N–H and O–H groups in total. The van der Waals surface area contributed by atoms with E-state index in [1.807, 2.05) is 11.0 Å². The van der Waals surface area contributed by atoms with Crippen LogP contribution in [-0.2, 0) is 9.59 Å². The zero-order valence-corrected chi connectivity index (χ0v) is 13.1. The molecule has 0 aromatic heterocycles. The van der Waals surface area contributed by atoms with Gasteiger partial charge in [0, 0.05) is 13.1 Å². The second-order valence-corrected chi connectivity index (χ2v) is 6.37. The van der Waals surface area contributed by atoms with Gasteiger partial charge in [-0.1, -0.05) is 38.8 Å². The molecule has 2 aliphatic rings. The van der Waals surface area contributed by atoms with Crippen molar-refractivity contribution in [2.75, 3.05) is 13.1 Å². The second-order valence-electron chi connectivity index (χ2n) is 6.37. The molecule has 0 spiro atoms. The molecule has 2 bridgehead atoms. The van der Waals surface area contributed by atoms with E-state index in [0.29, 0.717) is 0 Å². The minimum absolute atomic E-state index is 0.0562. The summed E-state index contributed by atoms with van der Waals surface area (Å²) in [5.74, 6) is -1.41. The number of fused-ring (bicyclic) bond motifs is 2. The van der Waals surface area contributed by atoms with Crippen molar-refractivity contribution >= 4 is 11.9 Å². The molecule has 0 saturated heterocycles. The second kappa shape index (κ2) is 7.10. The third-order valence-electron chi connectivity index (χ3n) is 4.90. The molecule has 1 saturated carbocycles. The zero-order valence-electron chi connectivity index (χ0n) is 13.1. The third-order valence-corrected chi connectivity index (χ3v) is 4.90. The highest BCUT2D eigenvalue weighted by Crippen LogP contribution is 2.48. The first-order valence-electron chi connectivity index (χ1n) is 8.30. The summed E-state index contributed by atoms with van der Waals surface area (Å²) < 4.78 is 0. The maximum absolute atomic E-state index is 12.9. The largest absolute Gasteiger partial charge is 0.481 e. The van der Waals surface area contributed by atoms with E-state index in [4.69, 9.17) is 0 Å². The minimum atomic E-state index is -0.809. The first kappa shape index (κ1) is 16.1. The molecule has 2 rings (SSSR count). The van der Waals surface area contributed by atoms with E-state index in [1.165, 1.54) is 0 Å². The molecule has 2 aliphatic carbocycles. The highest BCUT2D eigenvalue weighted by atomic mass is 16.4. The summed E-state index contributed by atoms with van der Waals surface area (Å²) in [6.45, 7) is 5.75. The summed E-state index contributed by atoms with van der Waals surface area (Å²) in [5.41, 5.74) is 0. The van der Waals surface area contributed by atoms with Crippen molar-refractivity contribution in [1.29, 1.82) is 0 Å². The van der Waals surface area contributed by atoms with Gasteiger partial charge >= 0.3 is 5.97 Å². The zero-order chi connectivity index (χ0) is 15.4. The van der Waals surface area contributed by atoms with Crippen molar-refractivity contribution in [3.63, 3.8) is 0 Å². The normalized spacial score (nSPS) is 29.8. The molecule has 4 nitrogen and oxygen atoms in total. The van der Waals surface area contributed by atoms with Crippen LogP contribution < -0.4 is 0 Å². The maximum atomic E-state index is 12.9. The van der Waals surface area contributed by atoms with E-state index in [0.717, 1.165) is 45.2 Å². The van der Waals surface area contributed by atoms with Crippen molar-refractivity contribution in [3.8, 4) is 0 Å². The van der Waals surface area contributed by atoms with Gasteiger partial charge in [-0.05, 0) is 31.1 Å². The number of unbranched alkanes of at least 4 members (excludes halogenated alkanes) is 2. The Hall–Kier alpha value is -1.32. The molecule has 0 radical (unpaired) electrons. The molecule has 118 valence electrons. The summed E-state index contributed by atoms with van der Waals surface area (Å²) in [6.07, 6.45) is 8.97. The van der Waals surface area contributed by atoms with Crippen molar-refractivity contribution in [1.82, 2.24) is 4.90 Å². The van der Waals surface area contributed by atoms with Crippen LogP contribution in [0.3, 0.4) is 0 Å². The molecule has 0 aromatic carbocycles. The van der Waals surface area contributed by atoms with Gasteiger partial charge in [-0.15, -0.1) is 0 Å². The number of carboxylic acid groups (broad SMARTS) is 1. The predicted molar refractivity (Wildman–Crippen MR) is 81.7 cm³/mol. The van der Waals surface area contributed by atoms with E-state index >= 15 is 0 Å². The molecule has 0 heterocycles. The minimum Gasteiger partial charge on any atom is -0.481 e. The summed E-state index contributed by atoms with van der Waals surface area (Å²) in [5, 5.41) is 9.48. The smallest absolute Gasteiger partial charge is 0.307 e. The average molecular weight is 293 g/mol. The van der Waals surface area contributed by atoms with Crippen LogP contribution in [-0.4, -0.2) is 35.0 Å². The van der Waals surface area contributed by atoms with Crippen LogP contribution in [0.4, 0.5) is 0 Å². The number of rotatable bonds is 8. The van der Waals surface area contributed by atoms with Gasteiger partial charge in [0.2, 0.25) is 5.91 Å². The number of carboxylic acids is 1. The average Bonchev–Trinajstić information content (AvgIpc) is 3.07. The Kier molecular flexibility index (Phi) is 5.43. The topological polar surface area (TPSA) is 57.6 Å². The first-order chi connectivity index (χ1) is 10.1. The molecule has 0 aromatic rings. The highest BCUT2D eigenvalue weighted by molar-refractivity contribution is 5.87. The van der Waals surface area contributed by atoms with E-state index in [2.05, 4.69) is 19.9 Å². The van der Waals surface area contributed by atoms with Gasteiger partial charge in [0.15, 0.2) is 0 Å². The first-order valence-corrected chi connectivity index (χ1v) is 8.30. The molecule has 1 amide bonds. The third kappa shape index (κ3) is 3.30. The van der Waals surface area contributed by atoms with E-state index in [1.54, 1.807) is 0 Å². The summed E-state index contributed by atoms with van der Waals surface area (Å²) >= 11 is 0. The summed E-state index contributed by atoms with van der Waals surface area (Å²) in [7, 11) is 0. The number of nitrogens with zero attached hydrogens (tertiary/aromatic N) is 1. The van der Waals surface area contributed by atoms with Gasteiger partial charge < -0.3 is 10.0 Å². The van der Waals surface area contributed by atoms with Gasteiger partial charge in [0.05, 0.1) is 11.8 Å². The van der Waals surface area contributed by atoms with Gasteiger partial charge in [0.1, 0.15) is 0 Å². The predicted octanol–water partition coefficient (Wildman–Crippen LogP) is 2.94. The maximum Gasteiger partial charge on any atom is 0.307 e. The molecule has 0 aliphatic heterocycles. The Morgan fingerprint density at radius 1 is 1.05 bits per heavy atom. The Labute approximate surface area is 127 Å². The lowest BCUT2D eigenvalue weighted by molar-refractivity contribution is -0.151. The van der Waals surface area contributed by atoms with Crippen LogP contribution in [0.1, 0.15) is 46.0 Å². The summed E-state index contributed by atoms with van der Waals surface area (Å²) in [4.78, 5) is 26.4. The highest BCUT2D eigenvalue weighted by Gasteiger charge is 2.52. The van der Waals surface area contributed by atoms with Crippen LogP contribution in [0.25, 0.3) is 0 Å². The molecular weight excluding hydrogens is 266 g/mol. The monoisotopic (exact) mass is 293 g/mol. The van der Waals surface area contributed by atoms with Gasteiger partial charge in [-0.3, -0.25) is 9.59 Å². The van der Waals surface area contributed by atoms with E-state index < -0.39 is 11.9 Å². The van der Waals surface area contributed by atoms with Crippen LogP contribution in [0.15, 0.2) is 12.2 Å². The molecular formula is C17H27NO3. The number of aliphatic carboxylic acids is 1. The van der Waals surface area contributed by atoms with Crippen molar-refractivity contribution < 1.29 is 14.7 Å². The number of amides is 1. The number of carbonyl (C=O) groups excluding carboxylic acids is 1. The fourth-order valence-electron chi connectivity index (χ4n) is 3.74. The molecule has 4 heteroatoms. The number of hydrogen-bond donors (Lipinski definition) is 1. The van der Waals surface area contributed by atoms with Crippen LogP contribution in [0.5, 0.6) is 0 Å². The lowest BCUT2D eigenvalue weighted by Gasteiger charge is -2.31. The van der Waals surface area contributed by atoms with Gasteiger partial charge in [-0.25, -0.2) is 0 Å². The van der Waals surface area contributed by atoms with Crippen molar-refractivity contribution in [3.05, 3.63) is 12.2 Å². The Bertz CT molecular complexity index is 410. The van der Waals surface area contributed by atoms with E-state index in [-0.39, 0.29) is 23.7 Å². The SMILES string of the molecule is CCCCN(CCCC)C(=O)C1C2C=CC(C2)C1C(=O)O. The lowest BCUT2D eigenvalue weighted by atomic mass is 9.82. The Morgan fingerprint density at radius 3 is 2.05 bits per heavy atom. The molecule has 4 unspecified atom stereocenters. The van der Waals surface area contributed by atoms with Gasteiger partial charge in [-0.2, -0.15) is 0 Å². The van der Waals surface area contributed by atoms with Crippen LogP contribution >= 0.6 is 0 Å². The van der Waals surface area contributed by atoms with Crippen LogP contribution in [0.2, 0.25) is 0 Å². The lowest BCUT2D eigenvalue weighted by Crippen LogP contribution is -2.43. The number of hydrogen-bond acceptors (Lipinski definition) is 2. The standard InChI is InChI=1S/C17H27NO3/c1-3-5-9-18(10-6-4-2)16(19)14-12-7-8-13(11-12)15(14)17(20)21/h7-8,12-15H,3-6,9-11H2,1-2H3,(H,20,21). The van der Waals surface area contributed by atoms with E-state index in [9.17, 15) is 14.7 Å². The molecule has 21 heavy (non-hydrogen) atoms. The Balaban J connectivity index is 2.11. The fourth-order valence-corrected chi connectivity index (χ4v) is 3.74. The van der Waals surface area contributed by atoms with Gasteiger partial charge in [0.25, 0.3) is 0 Å². The number of carbonyl (C=O) groups is 2. The Morgan fingerprint density at radius 2 is 1.57 bits per heavy atom. The molecule has 1 fully saturated rings. The van der Waals surface area contributed by atoms with Crippen molar-refractivity contribution in [2.45, 2.75) is 46.0 Å². The molecule has 4 atom stereocenters. The van der Waals surface area contributed by atoms with Crippen LogP contribution in [0, 0.1) is 23.7 Å². The number of allylic oxidation sites excluding steroid dienone is 2. The van der Waals surface area contributed by atoms with Crippen molar-refractivity contribution in [2.24, 2.45) is 23.7 Å². The summed E-state index contributed by atoms with van der Waals surface area (Å²) in [6, 6.07) is 0.